The van der Waals surface area contributed by atoms with Crippen LogP contribution in [0.1, 0.15) is 10.4 Å². The SMILES string of the molecule is C=CCNc1ncnc(NNC(=O)c2ccc(F)cc2)c1N. The second kappa shape index (κ2) is 7.02. The van der Waals surface area contributed by atoms with Gasteiger partial charge >= 0.3 is 0 Å². The second-order valence-corrected chi connectivity index (χ2v) is 4.24. The third kappa shape index (κ3) is 3.69. The topological polar surface area (TPSA) is 105 Å². The van der Waals surface area contributed by atoms with Gasteiger partial charge in [0.15, 0.2) is 11.6 Å². The first kappa shape index (κ1) is 15.2. The molecule has 1 aromatic heterocycles. The van der Waals surface area contributed by atoms with Crippen LogP contribution in [0.3, 0.4) is 0 Å². The van der Waals surface area contributed by atoms with Crippen molar-refractivity contribution in [2.75, 3.05) is 23.0 Å². The van der Waals surface area contributed by atoms with Gasteiger partial charge in [-0.25, -0.2) is 14.4 Å². The zero-order valence-corrected chi connectivity index (χ0v) is 11.6. The van der Waals surface area contributed by atoms with Crippen LogP contribution in [0.5, 0.6) is 0 Å². The highest BCUT2D eigenvalue weighted by molar-refractivity contribution is 5.95. The van der Waals surface area contributed by atoms with E-state index in [9.17, 15) is 9.18 Å². The Balaban J connectivity index is 2.03. The lowest BCUT2D eigenvalue weighted by Crippen LogP contribution is -2.30. The fourth-order valence-corrected chi connectivity index (χ4v) is 1.59. The average Bonchev–Trinajstić information content (AvgIpc) is 2.53. The maximum absolute atomic E-state index is 12.8. The molecule has 0 saturated carbocycles. The smallest absolute Gasteiger partial charge is 0.269 e. The zero-order chi connectivity index (χ0) is 15.9. The van der Waals surface area contributed by atoms with Crippen LogP contribution in [-0.4, -0.2) is 22.4 Å². The molecule has 0 unspecified atom stereocenters. The van der Waals surface area contributed by atoms with E-state index in [4.69, 9.17) is 5.73 Å². The summed E-state index contributed by atoms with van der Waals surface area (Å²) in [6.45, 7) is 4.07. The van der Waals surface area contributed by atoms with Gasteiger partial charge in [-0.3, -0.25) is 15.6 Å². The molecule has 2 rings (SSSR count). The van der Waals surface area contributed by atoms with E-state index in [2.05, 4.69) is 32.7 Å². The van der Waals surface area contributed by atoms with E-state index in [1.807, 2.05) is 0 Å². The highest BCUT2D eigenvalue weighted by atomic mass is 19.1. The maximum atomic E-state index is 12.8. The minimum Gasteiger partial charge on any atom is -0.393 e. The van der Waals surface area contributed by atoms with Crippen LogP contribution in [0.15, 0.2) is 43.2 Å². The molecule has 1 amide bonds. The van der Waals surface area contributed by atoms with Gasteiger partial charge in [0.25, 0.3) is 5.91 Å². The molecule has 0 fully saturated rings. The van der Waals surface area contributed by atoms with E-state index in [0.717, 1.165) is 0 Å². The molecule has 0 atom stereocenters. The Morgan fingerprint density at radius 2 is 1.95 bits per heavy atom. The van der Waals surface area contributed by atoms with Crippen LogP contribution >= 0.6 is 0 Å². The monoisotopic (exact) mass is 302 g/mol. The summed E-state index contributed by atoms with van der Waals surface area (Å²) in [4.78, 5) is 19.8. The van der Waals surface area contributed by atoms with Crippen molar-refractivity contribution in [1.29, 1.82) is 0 Å². The summed E-state index contributed by atoms with van der Waals surface area (Å²) < 4.78 is 12.8. The van der Waals surface area contributed by atoms with Crippen LogP contribution in [-0.2, 0) is 0 Å². The number of halogens is 1. The van der Waals surface area contributed by atoms with Gasteiger partial charge < -0.3 is 11.1 Å². The predicted molar refractivity (Wildman–Crippen MR) is 82.6 cm³/mol. The molecule has 0 aliphatic rings. The van der Waals surface area contributed by atoms with Crippen LogP contribution in [0.25, 0.3) is 0 Å². The molecule has 5 N–H and O–H groups in total. The van der Waals surface area contributed by atoms with Gasteiger partial charge in [-0.2, -0.15) is 0 Å². The van der Waals surface area contributed by atoms with Gasteiger partial charge in [0.2, 0.25) is 0 Å². The molecule has 114 valence electrons. The van der Waals surface area contributed by atoms with Crippen LogP contribution in [0.4, 0.5) is 21.7 Å². The number of aromatic nitrogens is 2. The molecule has 0 aliphatic heterocycles. The molecule has 0 spiro atoms. The fraction of sp³-hybridized carbons (Fsp3) is 0.0714. The molecule has 1 heterocycles. The van der Waals surface area contributed by atoms with Crippen molar-refractivity contribution < 1.29 is 9.18 Å². The minimum absolute atomic E-state index is 0.247. The number of hydrogen-bond acceptors (Lipinski definition) is 6. The van der Waals surface area contributed by atoms with Gasteiger partial charge in [-0.05, 0) is 24.3 Å². The third-order valence-electron chi connectivity index (χ3n) is 2.70. The average molecular weight is 302 g/mol. The molecule has 0 aliphatic carbocycles. The van der Waals surface area contributed by atoms with E-state index in [1.165, 1.54) is 30.6 Å². The first-order chi connectivity index (χ1) is 10.6. The van der Waals surface area contributed by atoms with Crippen LogP contribution < -0.4 is 21.9 Å². The van der Waals surface area contributed by atoms with Crippen molar-refractivity contribution in [3.8, 4) is 0 Å². The molecule has 1 aromatic carbocycles. The van der Waals surface area contributed by atoms with Gasteiger partial charge in [-0.1, -0.05) is 6.08 Å². The van der Waals surface area contributed by atoms with Gasteiger partial charge in [0.1, 0.15) is 17.8 Å². The van der Waals surface area contributed by atoms with Crippen molar-refractivity contribution in [1.82, 2.24) is 15.4 Å². The summed E-state index contributed by atoms with van der Waals surface area (Å²) in [6.07, 6.45) is 2.96. The molecule has 0 saturated heterocycles. The van der Waals surface area contributed by atoms with Crippen molar-refractivity contribution >= 4 is 23.2 Å². The molecular weight excluding hydrogens is 287 g/mol. The maximum Gasteiger partial charge on any atom is 0.269 e. The largest absolute Gasteiger partial charge is 0.393 e. The lowest BCUT2D eigenvalue weighted by atomic mass is 10.2. The molecule has 8 heteroatoms. The summed E-state index contributed by atoms with van der Waals surface area (Å²) in [5.41, 5.74) is 11.5. The normalized spacial score (nSPS) is 9.86. The van der Waals surface area contributed by atoms with Gasteiger partial charge in [0, 0.05) is 12.1 Å². The number of rotatable bonds is 6. The lowest BCUT2D eigenvalue weighted by molar-refractivity contribution is 0.0962. The predicted octanol–water partition coefficient (Wildman–Crippen LogP) is 1.55. The second-order valence-electron chi connectivity index (χ2n) is 4.24. The molecule has 22 heavy (non-hydrogen) atoms. The van der Waals surface area contributed by atoms with Crippen molar-refractivity contribution in [3.63, 3.8) is 0 Å². The third-order valence-corrected chi connectivity index (χ3v) is 2.70. The number of carbonyl (C=O) groups excluding carboxylic acids is 1. The number of hydrazine groups is 1. The molecule has 0 radical (unpaired) electrons. The van der Waals surface area contributed by atoms with E-state index in [-0.39, 0.29) is 11.5 Å². The van der Waals surface area contributed by atoms with Gasteiger partial charge in [-0.15, -0.1) is 6.58 Å². The number of nitrogens with zero attached hydrogens (tertiary/aromatic N) is 2. The molecule has 2 aromatic rings. The summed E-state index contributed by atoms with van der Waals surface area (Å²) in [5.74, 6) is -0.188. The van der Waals surface area contributed by atoms with Crippen molar-refractivity contribution in [3.05, 3.63) is 54.6 Å². The number of nitrogens with two attached hydrogens (primary N) is 1. The number of nitrogens with one attached hydrogen (secondary N) is 3. The first-order valence-electron chi connectivity index (χ1n) is 6.39. The Morgan fingerprint density at radius 1 is 1.27 bits per heavy atom. The molecule has 0 bridgehead atoms. The number of hydrogen-bond donors (Lipinski definition) is 4. The summed E-state index contributed by atoms with van der Waals surface area (Å²) >= 11 is 0. The highest BCUT2D eigenvalue weighted by Crippen LogP contribution is 2.21. The Bertz CT molecular complexity index is 674. The standard InChI is InChI=1S/C14H15FN6O/c1-2-7-17-12-11(16)13(19-8-18-12)20-21-14(22)9-3-5-10(15)6-4-9/h2-6,8H,1,7,16H2,(H,21,22)(H2,17,18,19,20). The van der Waals surface area contributed by atoms with Crippen LogP contribution in [0.2, 0.25) is 0 Å². The number of nitrogen functional groups attached to an aromatic ring is 1. The van der Waals surface area contributed by atoms with E-state index >= 15 is 0 Å². The van der Waals surface area contributed by atoms with Crippen molar-refractivity contribution in [2.24, 2.45) is 0 Å². The van der Waals surface area contributed by atoms with Crippen molar-refractivity contribution in [2.45, 2.75) is 0 Å². The van der Waals surface area contributed by atoms with E-state index < -0.39 is 11.7 Å². The Morgan fingerprint density at radius 3 is 2.64 bits per heavy atom. The fourth-order valence-electron chi connectivity index (χ4n) is 1.59. The minimum atomic E-state index is -0.446. The number of benzene rings is 1. The van der Waals surface area contributed by atoms with Crippen LogP contribution in [0, 0.1) is 5.82 Å². The number of anilines is 3. The first-order valence-corrected chi connectivity index (χ1v) is 6.39. The quantitative estimate of drug-likeness (QED) is 0.477. The number of carbonyl (C=O) groups is 1. The van der Waals surface area contributed by atoms with E-state index in [1.54, 1.807) is 6.08 Å². The zero-order valence-electron chi connectivity index (χ0n) is 11.6. The summed E-state index contributed by atoms with van der Waals surface area (Å²) in [5, 5.41) is 2.94. The Labute approximate surface area is 126 Å². The Hall–Kier alpha value is -3.16. The molecular formula is C14H15FN6O. The number of amides is 1. The highest BCUT2D eigenvalue weighted by Gasteiger charge is 2.09. The lowest BCUT2D eigenvalue weighted by Gasteiger charge is -2.12. The van der Waals surface area contributed by atoms with Gasteiger partial charge in [0.05, 0.1) is 0 Å². The summed E-state index contributed by atoms with van der Waals surface area (Å²) in [6, 6.07) is 5.13. The molecule has 7 nitrogen and oxygen atoms in total. The van der Waals surface area contributed by atoms with E-state index in [0.29, 0.717) is 17.9 Å². The Kier molecular flexibility index (Phi) is 4.86. The summed E-state index contributed by atoms with van der Waals surface area (Å²) in [7, 11) is 0.